The lowest BCUT2D eigenvalue weighted by molar-refractivity contribution is -0.151. The zero-order valence-electron chi connectivity index (χ0n) is 18.8. The van der Waals surface area contributed by atoms with E-state index in [1.54, 1.807) is 27.2 Å². The zero-order chi connectivity index (χ0) is 23.6. The molecule has 3 atom stereocenters. The van der Waals surface area contributed by atoms with Gasteiger partial charge in [0.2, 0.25) is 0 Å². The van der Waals surface area contributed by atoms with Gasteiger partial charge in [-0.3, -0.25) is 0 Å². The van der Waals surface area contributed by atoms with Crippen LogP contribution in [0.25, 0.3) is 0 Å². The fourth-order valence-corrected chi connectivity index (χ4v) is 3.91. The molecule has 0 saturated heterocycles. The number of rotatable bonds is 10. The molecule has 0 radical (unpaired) electrons. The molecule has 1 N–H and O–H groups in total. The second-order valence-electron chi connectivity index (χ2n) is 7.14. The largest absolute Gasteiger partial charge is 0.501 e. The van der Waals surface area contributed by atoms with Gasteiger partial charge < -0.3 is 24.1 Å². The molecule has 0 bridgehead atoms. The van der Waals surface area contributed by atoms with Crippen molar-refractivity contribution >= 4 is 28.6 Å². The summed E-state index contributed by atoms with van der Waals surface area (Å²) in [7, 11) is 3.26. The van der Waals surface area contributed by atoms with Crippen LogP contribution in [0.15, 0.2) is 54.3 Å². The number of halogens is 1. The van der Waals surface area contributed by atoms with Crippen LogP contribution in [0.5, 0.6) is 5.75 Å². The van der Waals surface area contributed by atoms with E-state index in [9.17, 15) is 9.90 Å². The maximum atomic E-state index is 11.5. The molecule has 7 heteroatoms. The van der Waals surface area contributed by atoms with Crippen LogP contribution in [-0.2, 0) is 19.0 Å². The first kappa shape index (κ1) is 26.0. The SMILES string of the molecule is CCO[C@H](C(=O)O)C(C)c1ccc(OC/C=C\C#CC2(OC)C=CC=C(OC)C2)c(I)c1. The Balaban J connectivity index is 1.96. The predicted octanol–water partition coefficient (Wildman–Crippen LogP) is 4.70. The molecule has 1 aliphatic rings. The molecule has 172 valence electrons. The van der Waals surface area contributed by atoms with Crippen LogP contribution in [0.3, 0.4) is 0 Å². The molecule has 1 aromatic carbocycles. The summed E-state index contributed by atoms with van der Waals surface area (Å²) in [5.74, 6) is 6.44. The van der Waals surface area contributed by atoms with Gasteiger partial charge in [0.1, 0.15) is 12.4 Å². The Morgan fingerprint density at radius 1 is 1.38 bits per heavy atom. The van der Waals surface area contributed by atoms with E-state index in [2.05, 4.69) is 34.4 Å². The molecule has 2 unspecified atom stereocenters. The molecule has 0 heterocycles. The Morgan fingerprint density at radius 3 is 2.78 bits per heavy atom. The minimum absolute atomic E-state index is 0.277. The maximum Gasteiger partial charge on any atom is 0.333 e. The Kier molecular flexibility index (Phi) is 10.3. The Labute approximate surface area is 203 Å². The second kappa shape index (κ2) is 12.7. The molecule has 0 fully saturated rings. The number of methoxy groups -OCH3 is 2. The van der Waals surface area contributed by atoms with Gasteiger partial charge in [0, 0.05) is 26.1 Å². The molecule has 0 spiro atoms. The molecule has 6 nitrogen and oxygen atoms in total. The van der Waals surface area contributed by atoms with E-state index in [-0.39, 0.29) is 5.92 Å². The summed E-state index contributed by atoms with van der Waals surface area (Å²) in [5.41, 5.74) is 0.196. The van der Waals surface area contributed by atoms with E-state index < -0.39 is 17.7 Å². The number of benzene rings is 1. The van der Waals surface area contributed by atoms with Crippen molar-refractivity contribution in [1.82, 2.24) is 0 Å². The number of allylic oxidation sites excluding steroid dienone is 3. The summed E-state index contributed by atoms with van der Waals surface area (Å²) in [6.45, 7) is 4.34. The lowest BCUT2D eigenvalue weighted by Crippen LogP contribution is -2.29. The standard InChI is InChI=1S/C25H29IO6/c1-5-31-23(24(27)28)18(2)19-11-12-22(21(26)16-19)32-15-8-6-7-13-25(30-4)14-9-10-20(17-25)29-3/h6,8-12,14,16,18,23H,5,15,17H2,1-4H3,(H,27,28)/b8-6-/t18?,23-,25?/m0/s1. The van der Waals surface area contributed by atoms with Crippen LogP contribution >= 0.6 is 22.6 Å². The van der Waals surface area contributed by atoms with Crippen molar-refractivity contribution in [2.24, 2.45) is 0 Å². The summed E-state index contributed by atoms with van der Waals surface area (Å²) in [6.07, 6.45) is 8.94. The van der Waals surface area contributed by atoms with Crippen LogP contribution < -0.4 is 4.74 Å². The van der Waals surface area contributed by atoms with Crippen LogP contribution in [-0.4, -0.2) is 50.2 Å². The van der Waals surface area contributed by atoms with Crippen molar-refractivity contribution in [3.63, 3.8) is 0 Å². The highest BCUT2D eigenvalue weighted by atomic mass is 127. The van der Waals surface area contributed by atoms with E-state index in [4.69, 9.17) is 18.9 Å². The number of carboxylic acids is 1. The summed E-state index contributed by atoms with van der Waals surface area (Å²) in [6, 6.07) is 5.65. The minimum atomic E-state index is -0.964. The third-order valence-electron chi connectivity index (χ3n) is 5.06. The number of carboxylic acid groups (broad SMARTS) is 1. The lowest BCUT2D eigenvalue weighted by atomic mass is 9.94. The van der Waals surface area contributed by atoms with Crippen LogP contribution in [0.4, 0.5) is 0 Å². The highest BCUT2D eigenvalue weighted by molar-refractivity contribution is 14.1. The Morgan fingerprint density at radius 2 is 2.16 bits per heavy atom. The number of hydrogen-bond donors (Lipinski definition) is 1. The molecule has 0 aromatic heterocycles. The molecule has 0 saturated carbocycles. The van der Waals surface area contributed by atoms with Crippen molar-refractivity contribution in [2.45, 2.75) is 37.9 Å². The monoisotopic (exact) mass is 552 g/mol. The van der Waals surface area contributed by atoms with E-state index in [0.717, 1.165) is 20.6 Å². The van der Waals surface area contributed by atoms with E-state index in [1.807, 2.05) is 49.4 Å². The van der Waals surface area contributed by atoms with Gasteiger partial charge in [0.15, 0.2) is 11.7 Å². The third kappa shape index (κ3) is 7.12. The van der Waals surface area contributed by atoms with E-state index in [0.29, 0.717) is 19.6 Å². The normalized spacial score (nSPS) is 19.6. The highest BCUT2D eigenvalue weighted by Gasteiger charge is 2.28. The van der Waals surface area contributed by atoms with Crippen molar-refractivity contribution in [2.75, 3.05) is 27.4 Å². The first-order valence-electron chi connectivity index (χ1n) is 10.3. The molecule has 32 heavy (non-hydrogen) atoms. The van der Waals surface area contributed by atoms with E-state index >= 15 is 0 Å². The summed E-state index contributed by atoms with van der Waals surface area (Å²) in [4.78, 5) is 11.5. The van der Waals surface area contributed by atoms with Crippen molar-refractivity contribution < 1.29 is 28.8 Å². The van der Waals surface area contributed by atoms with Gasteiger partial charge in [-0.25, -0.2) is 4.79 Å². The molecule has 2 rings (SSSR count). The first-order chi connectivity index (χ1) is 15.4. The highest BCUT2D eigenvalue weighted by Crippen LogP contribution is 2.29. The van der Waals surface area contributed by atoms with Gasteiger partial charge in [0.25, 0.3) is 0 Å². The minimum Gasteiger partial charge on any atom is -0.501 e. The second-order valence-corrected chi connectivity index (χ2v) is 8.30. The van der Waals surface area contributed by atoms with Gasteiger partial charge in [-0.1, -0.05) is 30.9 Å². The van der Waals surface area contributed by atoms with Crippen LogP contribution in [0.1, 0.15) is 31.7 Å². The maximum absolute atomic E-state index is 11.5. The molecule has 1 aromatic rings. The van der Waals surface area contributed by atoms with E-state index in [1.165, 1.54) is 0 Å². The molecule has 0 aliphatic heterocycles. The van der Waals surface area contributed by atoms with Gasteiger partial charge in [0.05, 0.1) is 16.4 Å². The topological polar surface area (TPSA) is 74.2 Å². The van der Waals surface area contributed by atoms with Crippen molar-refractivity contribution in [3.05, 3.63) is 63.5 Å². The number of carbonyl (C=O) groups is 1. The third-order valence-corrected chi connectivity index (χ3v) is 5.90. The Bertz CT molecular complexity index is 939. The zero-order valence-corrected chi connectivity index (χ0v) is 20.9. The average Bonchev–Trinajstić information content (AvgIpc) is 2.80. The fourth-order valence-electron chi connectivity index (χ4n) is 3.21. The molecular weight excluding hydrogens is 523 g/mol. The average molecular weight is 552 g/mol. The fraction of sp³-hybridized carbons (Fsp3) is 0.400. The van der Waals surface area contributed by atoms with Gasteiger partial charge in [-0.05, 0) is 71.5 Å². The van der Waals surface area contributed by atoms with Gasteiger partial charge in [-0.2, -0.15) is 0 Å². The summed E-state index contributed by atoms with van der Waals surface area (Å²) < 4.78 is 23.0. The quantitative estimate of drug-likeness (QED) is 0.335. The van der Waals surface area contributed by atoms with Crippen LogP contribution in [0, 0.1) is 15.4 Å². The Hall–Kier alpha value is -2.28. The molecular formula is C25H29IO6. The lowest BCUT2D eigenvalue weighted by Gasteiger charge is -2.26. The predicted molar refractivity (Wildman–Crippen MR) is 132 cm³/mol. The van der Waals surface area contributed by atoms with Gasteiger partial charge in [-0.15, -0.1) is 0 Å². The molecule has 1 aliphatic carbocycles. The van der Waals surface area contributed by atoms with Crippen LogP contribution in [0.2, 0.25) is 0 Å². The van der Waals surface area contributed by atoms with Crippen molar-refractivity contribution in [1.29, 1.82) is 0 Å². The summed E-state index contributed by atoms with van der Waals surface area (Å²) >= 11 is 2.18. The first-order valence-corrected chi connectivity index (χ1v) is 11.4. The number of aliphatic carboxylic acids is 1. The molecule has 0 amide bonds. The van der Waals surface area contributed by atoms with Crippen molar-refractivity contribution in [3.8, 4) is 17.6 Å². The number of hydrogen-bond acceptors (Lipinski definition) is 5. The smallest absolute Gasteiger partial charge is 0.333 e. The summed E-state index contributed by atoms with van der Waals surface area (Å²) in [5, 5.41) is 9.40. The van der Waals surface area contributed by atoms with Gasteiger partial charge >= 0.3 is 5.97 Å². The number of ether oxygens (including phenoxy) is 4.